The number of halogens is 2. The number of methoxy groups -OCH3 is 1. The topological polar surface area (TPSA) is 50.4 Å². The lowest BCUT2D eigenvalue weighted by Gasteiger charge is -2.11. The number of carbonyl (C=O) groups excluding carboxylic acids is 1. The van der Waals surface area contributed by atoms with Crippen LogP contribution in [0.5, 0.6) is 5.75 Å². The number of carbonyl (C=O) groups is 1. The van der Waals surface area contributed by atoms with Crippen LogP contribution in [0.25, 0.3) is 0 Å². The lowest BCUT2D eigenvalue weighted by Crippen LogP contribution is -2.16. The van der Waals surface area contributed by atoms with Crippen molar-refractivity contribution in [1.29, 1.82) is 0 Å². The summed E-state index contributed by atoms with van der Waals surface area (Å²) in [5, 5.41) is 6.38. The monoisotopic (exact) mass is 322 g/mol. The summed E-state index contributed by atoms with van der Waals surface area (Å²) >= 11 is 5.93. The second kappa shape index (κ2) is 7.66. The average Bonchev–Trinajstić information content (AvgIpc) is 2.50. The van der Waals surface area contributed by atoms with Gasteiger partial charge in [0.25, 0.3) is 0 Å². The molecule has 2 aromatic carbocycles. The molecule has 0 aliphatic rings. The molecule has 0 radical (unpaired) electrons. The van der Waals surface area contributed by atoms with Crippen molar-refractivity contribution in [3.63, 3.8) is 0 Å². The first kappa shape index (κ1) is 16.1. The minimum absolute atomic E-state index is 0.167. The number of benzene rings is 2. The standard InChI is InChI=1S/C16H16ClFN2O2/c1-22-15-7-2-11(17)10-14(15)19-9-8-16(21)20-13-5-3-12(18)4-6-13/h2-7,10,19H,8-9H2,1H3,(H,20,21). The summed E-state index contributed by atoms with van der Waals surface area (Å²) in [5.41, 5.74) is 1.29. The minimum Gasteiger partial charge on any atom is -0.495 e. The number of ether oxygens (including phenoxy) is 1. The molecule has 0 saturated carbocycles. The van der Waals surface area contributed by atoms with Crippen molar-refractivity contribution in [2.75, 3.05) is 24.3 Å². The van der Waals surface area contributed by atoms with Crippen LogP contribution in [0.2, 0.25) is 5.02 Å². The van der Waals surface area contributed by atoms with Crippen LogP contribution in [0.3, 0.4) is 0 Å². The van der Waals surface area contributed by atoms with Gasteiger partial charge in [0.1, 0.15) is 11.6 Å². The van der Waals surface area contributed by atoms with E-state index in [2.05, 4.69) is 10.6 Å². The summed E-state index contributed by atoms with van der Waals surface area (Å²) < 4.78 is 18.0. The highest BCUT2D eigenvalue weighted by atomic mass is 35.5. The van der Waals surface area contributed by atoms with E-state index in [1.807, 2.05) is 0 Å². The van der Waals surface area contributed by atoms with Crippen LogP contribution in [-0.4, -0.2) is 19.6 Å². The number of anilines is 2. The second-order valence-corrected chi connectivity index (χ2v) is 5.01. The van der Waals surface area contributed by atoms with Gasteiger partial charge in [-0.05, 0) is 42.5 Å². The van der Waals surface area contributed by atoms with E-state index in [1.54, 1.807) is 25.3 Å². The molecule has 0 unspecified atom stereocenters. The molecule has 0 aliphatic carbocycles. The summed E-state index contributed by atoms with van der Waals surface area (Å²) in [6.07, 6.45) is 0.257. The van der Waals surface area contributed by atoms with Crippen molar-refractivity contribution in [3.05, 3.63) is 53.3 Å². The number of amides is 1. The van der Waals surface area contributed by atoms with Crippen molar-refractivity contribution >= 4 is 28.9 Å². The molecule has 1 amide bonds. The molecule has 22 heavy (non-hydrogen) atoms. The predicted molar refractivity (Wildman–Crippen MR) is 86.1 cm³/mol. The maximum Gasteiger partial charge on any atom is 0.226 e. The van der Waals surface area contributed by atoms with E-state index in [-0.39, 0.29) is 18.1 Å². The van der Waals surface area contributed by atoms with Crippen LogP contribution in [0.4, 0.5) is 15.8 Å². The molecule has 4 nitrogen and oxygen atoms in total. The quantitative estimate of drug-likeness (QED) is 0.847. The molecule has 0 aliphatic heterocycles. The molecule has 0 aromatic heterocycles. The van der Waals surface area contributed by atoms with Crippen LogP contribution in [0.1, 0.15) is 6.42 Å². The Hall–Kier alpha value is -2.27. The van der Waals surface area contributed by atoms with E-state index in [4.69, 9.17) is 16.3 Å². The molecule has 0 saturated heterocycles. The van der Waals surface area contributed by atoms with E-state index in [0.717, 1.165) is 5.69 Å². The van der Waals surface area contributed by atoms with Gasteiger partial charge in [-0.3, -0.25) is 4.79 Å². The highest BCUT2D eigenvalue weighted by Crippen LogP contribution is 2.27. The normalized spacial score (nSPS) is 10.1. The van der Waals surface area contributed by atoms with Gasteiger partial charge < -0.3 is 15.4 Å². The first-order valence-corrected chi connectivity index (χ1v) is 7.09. The van der Waals surface area contributed by atoms with Crippen molar-refractivity contribution in [2.45, 2.75) is 6.42 Å². The third-order valence-corrected chi connectivity index (χ3v) is 3.19. The summed E-state index contributed by atoms with van der Waals surface area (Å²) in [7, 11) is 1.57. The highest BCUT2D eigenvalue weighted by Gasteiger charge is 2.06. The maximum absolute atomic E-state index is 12.8. The Morgan fingerprint density at radius 1 is 1.23 bits per heavy atom. The van der Waals surface area contributed by atoms with Crippen molar-refractivity contribution < 1.29 is 13.9 Å². The molecule has 0 fully saturated rings. The molecular formula is C16H16ClFN2O2. The molecule has 2 aromatic rings. The molecule has 116 valence electrons. The fourth-order valence-corrected chi connectivity index (χ4v) is 2.06. The highest BCUT2D eigenvalue weighted by molar-refractivity contribution is 6.30. The van der Waals surface area contributed by atoms with Crippen LogP contribution in [-0.2, 0) is 4.79 Å². The number of rotatable bonds is 6. The van der Waals surface area contributed by atoms with Gasteiger partial charge in [0, 0.05) is 23.7 Å². The van der Waals surface area contributed by atoms with Crippen molar-refractivity contribution in [3.8, 4) is 5.75 Å². The SMILES string of the molecule is COc1ccc(Cl)cc1NCCC(=O)Nc1ccc(F)cc1. The van der Waals surface area contributed by atoms with Gasteiger partial charge in [-0.15, -0.1) is 0 Å². The zero-order valence-corrected chi connectivity index (χ0v) is 12.8. The van der Waals surface area contributed by atoms with Gasteiger partial charge in [-0.1, -0.05) is 11.6 Å². The molecule has 0 bridgehead atoms. The molecular weight excluding hydrogens is 307 g/mol. The molecule has 0 heterocycles. The first-order valence-electron chi connectivity index (χ1n) is 6.71. The molecule has 6 heteroatoms. The zero-order chi connectivity index (χ0) is 15.9. The van der Waals surface area contributed by atoms with Gasteiger partial charge in [-0.2, -0.15) is 0 Å². The van der Waals surface area contributed by atoms with E-state index < -0.39 is 0 Å². The largest absolute Gasteiger partial charge is 0.495 e. The Balaban J connectivity index is 1.84. The Morgan fingerprint density at radius 3 is 2.64 bits per heavy atom. The number of nitrogens with one attached hydrogen (secondary N) is 2. The van der Waals surface area contributed by atoms with Crippen LogP contribution < -0.4 is 15.4 Å². The smallest absolute Gasteiger partial charge is 0.226 e. The van der Waals surface area contributed by atoms with Crippen LogP contribution >= 0.6 is 11.6 Å². The lowest BCUT2D eigenvalue weighted by atomic mass is 10.2. The van der Waals surface area contributed by atoms with Gasteiger partial charge in [0.2, 0.25) is 5.91 Å². The van der Waals surface area contributed by atoms with E-state index >= 15 is 0 Å². The summed E-state index contributed by atoms with van der Waals surface area (Å²) in [5.74, 6) is 0.149. The lowest BCUT2D eigenvalue weighted by molar-refractivity contribution is -0.115. The zero-order valence-electron chi connectivity index (χ0n) is 12.0. The third-order valence-electron chi connectivity index (χ3n) is 2.96. The van der Waals surface area contributed by atoms with E-state index in [9.17, 15) is 9.18 Å². The number of hydrogen-bond acceptors (Lipinski definition) is 3. The van der Waals surface area contributed by atoms with Gasteiger partial charge in [0.05, 0.1) is 12.8 Å². The minimum atomic E-state index is -0.340. The van der Waals surface area contributed by atoms with Gasteiger partial charge >= 0.3 is 0 Å². The molecule has 0 atom stereocenters. The third kappa shape index (κ3) is 4.63. The predicted octanol–water partition coefficient (Wildman–Crippen LogP) is 3.93. The maximum atomic E-state index is 12.8. The molecule has 2 N–H and O–H groups in total. The average molecular weight is 323 g/mol. The summed E-state index contributed by atoms with van der Waals surface area (Å²) in [6, 6.07) is 10.8. The van der Waals surface area contributed by atoms with Crippen molar-refractivity contribution in [1.82, 2.24) is 0 Å². The molecule has 2 rings (SSSR count). The Morgan fingerprint density at radius 2 is 1.95 bits per heavy atom. The summed E-state index contributed by atoms with van der Waals surface area (Å²) in [6.45, 7) is 0.420. The first-order chi connectivity index (χ1) is 10.6. The van der Waals surface area contributed by atoms with Gasteiger partial charge in [-0.25, -0.2) is 4.39 Å². The number of hydrogen-bond donors (Lipinski definition) is 2. The van der Waals surface area contributed by atoms with Gasteiger partial charge in [0.15, 0.2) is 0 Å². The Bertz CT molecular complexity index is 647. The molecule has 0 spiro atoms. The van der Waals surface area contributed by atoms with Crippen molar-refractivity contribution in [2.24, 2.45) is 0 Å². The second-order valence-electron chi connectivity index (χ2n) is 4.58. The Kier molecular flexibility index (Phi) is 5.61. The van der Waals surface area contributed by atoms with E-state index in [0.29, 0.717) is 23.0 Å². The fraction of sp³-hybridized carbons (Fsp3) is 0.188. The summed E-state index contributed by atoms with van der Waals surface area (Å²) in [4.78, 5) is 11.8. The Labute approximate surface area is 133 Å². The van der Waals surface area contributed by atoms with E-state index in [1.165, 1.54) is 24.3 Å². The fourth-order valence-electron chi connectivity index (χ4n) is 1.89. The van der Waals surface area contributed by atoms with Crippen LogP contribution in [0.15, 0.2) is 42.5 Å². The van der Waals surface area contributed by atoms with Crippen LogP contribution in [0, 0.1) is 5.82 Å².